The highest BCUT2D eigenvalue weighted by Gasteiger charge is 2.48. The van der Waals surface area contributed by atoms with Crippen LogP contribution in [0.3, 0.4) is 0 Å². The molecule has 2 fully saturated rings. The lowest BCUT2D eigenvalue weighted by atomic mass is 10.0. The third kappa shape index (κ3) is 4.16. The number of nitrogens with one attached hydrogen (secondary N) is 2. The van der Waals surface area contributed by atoms with Gasteiger partial charge in [-0.1, -0.05) is 36.4 Å². The van der Waals surface area contributed by atoms with Gasteiger partial charge in [-0.25, -0.2) is 18.4 Å². The van der Waals surface area contributed by atoms with Crippen molar-refractivity contribution in [3.8, 4) is 28.3 Å². The van der Waals surface area contributed by atoms with E-state index in [4.69, 9.17) is 19.0 Å². The quantitative estimate of drug-likeness (QED) is 0.375. The van der Waals surface area contributed by atoms with Crippen LogP contribution in [0.15, 0.2) is 65.6 Å². The van der Waals surface area contributed by atoms with Crippen molar-refractivity contribution in [2.45, 2.75) is 29.3 Å². The number of benzene rings is 2. The van der Waals surface area contributed by atoms with Crippen molar-refractivity contribution in [2.24, 2.45) is 0 Å². The Hall–Kier alpha value is -3.31. The van der Waals surface area contributed by atoms with Crippen LogP contribution in [0.25, 0.3) is 33.4 Å². The van der Waals surface area contributed by atoms with E-state index in [9.17, 15) is 13.7 Å². The minimum absolute atomic E-state index is 0.216. The molecule has 0 radical (unpaired) electrons. The van der Waals surface area contributed by atoms with E-state index in [1.54, 1.807) is 30.3 Å². The van der Waals surface area contributed by atoms with Crippen LogP contribution in [0.2, 0.25) is 0 Å². The zero-order valence-corrected chi connectivity index (χ0v) is 20.1. The van der Waals surface area contributed by atoms with Crippen LogP contribution in [0.4, 0.5) is 4.39 Å². The van der Waals surface area contributed by atoms with Gasteiger partial charge in [0.15, 0.2) is 17.8 Å². The molecule has 0 spiro atoms. The average molecular weight is 510 g/mol. The highest BCUT2D eigenvalue weighted by Crippen LogP contribution is 2.32. The van der Waals surface area contributed by atoms with Gasteiger partial charge < -0.3 is 24.3 Å². The lowest BCUT2D eigenvalue weighted by Gasteiger charge is -2.16. The summed E-state index contributed by atoms with van der Waals surface area (Å²) in [6.07, 6.45) is -0.389. The molecule has 2 aliphatic rings. The van der Waals surface area contributed by atoms with Gasteiger partial charge in [-0.2, -0.15) is 0 Å². The third-order valence-corrected chi connectivity index (χ3v) is 7.76. The Balaban J connectivity index is 1.23. The van der Waals surface area contributed by atoms with E-state index < -0.39 is 27.8 Å². The summed E-state index contributed by atoms with van der Waals surface area (Å²) < 4.78 is 51.8. The predicted molar refractivity (Wildman–Crippen MR) is 132 cm³/mol. The molecule has 6 rings (SSSR count). The molecule has 3 N–H and O–H groups in total. The fourth-order valence-corrected chi connectivity index (χ4v) is 5.36. The number of aliphatic hydroxyl groups is 1. The molecular formula is C26H24FN3O5S. The number of nitrogens with zero attached hydrogens (tertiary/aromatic N) is 1. The second-order valence-electron chi connectivity index (χ2n) is 9.15. The van der Waals surface area contributed by atoms with Crippen LogP contribution in [-0.2, 0) is 19.2 Å². The molecule has 8 nitrogen and oxygen atoms in total. The molecular weight excluding hydrogens is 485 g/mol. The zero-order valence-electron chi connectivity index (χ0n) is 19.3. The molecule has 2 aliphatic heterocycles. The van der Waals surface area contributed by atoms with E-state index >= 15 is 0 Å². The highest BCUT2D eigenvalue weighted by atomic mass is 32.2. The van der Waals surface area contributed by atoms with Crippen LogP contribution in [0.1, 0.15) is 0 Å². The lowest BCUT2D eigenvalue weighted by molar-refractivity contribution is 0.00794. The van der Waals surface area contributed by atoms with Gasteiger partial charge in [-0.3, -0.25) is 0 Å². The zero-order chi connectivity index (χ0) is 25.0. The van der Waals surface area contributed by atoms with Crippen molar-refractivity contribution < 1.29 is 27.9 Å². The van der Waals surface area contributed by atoms with Crippen molar-refractivity contribution in [3.05, 3.63) is 66.5 Å². The van der Waals surface area contributed by atoms with E-state index in [0.717, 1.165) is 11.1 Å². The smallest absolute Gasteiger partial charge is 0.193 e. The van der Waals surface area contributed by atoms with Gasteiger partial charge in [-0.05, 0) is 23.3 Å². The molecule has 2 aromatic heterocycles. The van der Waals surface area contributed by atoms with Crippen molar-refractivity contribution >= 4 is 20.8 Å². The Labute approximate surface area is 207 Å². The van der Waals surface area contributed by atoms with Gasteiger partial charge in [-0.15, -0.1) is 0 Å². The first-order valence-electron chi connectivity index (χ1n) is 11.5. The summed E-state index contributed by atoms with van der Waals surface area (Å²) in [5.41, 5.74) is 3.73. The van der Waals surface area contributed by atoms with E-state index in [2.05, 4.69) is 9.97 Å². The topological polar surface area (TPSA) is 118 Å². The SMILES string of the molecule is CS(=N)(=O)c1ccc(-c2ccc(-c3nc4cc(O[C@@H]5CO[C@H]6[C@@H]5OC[C@H]6O)[nH]c4cc3F)cc2)cc1. The summed E-state index contributed by atoms with van der Waals surface area (Å²) in [6.45, 7) is 0.512. The summed E-state index contributed by atoms with van der Waals surface area (Å²) in [6, 6.07) is 17.5. The molecule has 5 atom stereocenters. The van der Waals surface area contributed by atoms with Crippen LogP contribution in [0, 0.1) is 10.6 Å². The van der Waals surface area contributed by atoms with Crippen molar-refractivity contribution in [1.82, 2.24) is 9.97 Å². The van der Waals surface area contributed by atoms with Gasteiger partial charge in [0.05, 0.1) is 34.0 Å². The van der Waals surface area contributed by atoms with E-state index in [1.807, 2.05) is 24.3 Å². The number of hydrogen-bond acceptors (Lipinski definition) is 7. The molecule has 10 heteroatoms. The molecule has 0 bridgehead atoms. The molecule has 4 aromatic rings. The fourth-order valence-electron chi connectivity index (χ4n) is 4.71. The maximum absolute atomic E-state index is 15.0. The van der Waals surface area contributed by atoms with Crippen molar-refractivity contribution in [3.63, 3.8) is 0 Å². The van der Waals surface area contributed by atoms with E-state index in [1.165, 1.54) is 12.3 Å². The van der Waals surface area contributed by atoms with Gasteiger partial charge in [0.1, 0.15) is 24.0 Å². The second kappa shape index (κ2) is 8.67. The van der Waals surface area contributed by atoms with Crippen LogP contribution < -0.4 is 4.74 Å². The Morgan fingerprint density at radius 3 is 2.36 bits per heavy atom. The van der Waals surface area contributed by atoms with Crippen LogP contribution >= 0.6 is 0 Å². The fraction of sp³-hybridized carbons (Fsp3) is 0.269. The van der Waals surface area contributed by atoms with Crippen LogP contribution in [-0.4, -0.2) is 63.2 Å². The maximum atomic E-state index is 15.0. The lowest BCUT2D eigenvalue weighted by Crippen LogP contribution is -2.34. The number of aromatic amines is 1. The van der Waals surface area contributed by atoms with E-state index in [0.29, 0.717) is 34.0 Å². The van der Waals surface area contributed by atoms with Gasteiger partial charge in [0, 0.05) is 28.8 Å². The molecule has 2 aromatic carbocycles. The number of halogens is 1. The molecule has 0 saturated carbocycles. The van der Waals surface area contributed by atoms with Gasteiger partial charge in [0.2, 0.25) is 0 Å². The van der Waals surface area contributed by atoms with Crippen molar-refractivity contribution in [2.75, 3.05) is 19.5 Å². The molecule has 0 aliphatic carbocycles. The number of pyridine rings is 1. The minimum atomic E-state index is -2.76. The number of ether oxygens (including phenoxy) is 3. The number of aromatic nitrogens is 2. The monoisotopic (exact) mass is 509 g/mol. The number of hydrogen-bond donors (Lipinski definition) is 3. The Morgan fingerprint density at radius 2 is 1.67 bits per heavy atom. The summed E-state index contributed by atoms with van der Waals surface area (Å²) >= 11 is 0. The summed E-state index contributed by atoms with van der Waals surface area (Å²) in [5.74, 6) is -0.0385. The van der Waals surface area contributed by atoms with E-state index in [-0.39, 0.29) is 24.5 Å². The average Bonchev–Trinajstić information content (AvgIpc) is 3.55. The molecule has 36 heavy (non-hydrogen) atoms. The molecule has 1 unspecified atom stereocenters. The van der Waals surface area contributed by atoms with Gasteiger partial charge >= 0.3 is 0 Å². The summed E-state index contributed by atoms with van der Waals surface area (Å²) in [7, 11) is -2.76. The number of H-pyrrole nitrogens is 1. The molecule has 0 amide bonds. The van der Waals surface area contributed by atoms with Gasteiger partial charge in [0.25, 0.3) is 0 Å². The standard InChI is InChI=1S/C26H24FN3O5S/c1-36(28,32)17-8-6-15(7-9-17)14-2-4-16(5-3-14)24-18(27)10-19-20(30-24)11-23(29-19)35-22-13-34-25-21(31)12-33-26(22)25/h2-11,21-22,25-26,28-29,31H,12-13H2,1H3/t21-,22-,25-,26-,36?/m1/s1. The molecule has 186 valence electrons. The minimum Gasteiger partial charge on any atom is -0.470 e. The molecule has 4 heterocycles. The predicted octanol–water partition coefficient (Wildman–Crippen LogP) is 3.98. The number of aliphatic hydroxyl groups excluding tert-OH is 1. The number of fused-ring (bicyclic) bond motifs is 2. The first-order chi connectivity index (χ1) is 17.3. The number of rotatable bonds is 5. The van der Waals surface area contributed by atoms with Crippen LogP contribution in [0.5, 0.6) is 5.88 Å². The van der Waals surface area contributed by atoms with Crippen molar-refractivity contribution in [1.29, 1.82) is 4.78 Å². The summed E-state index contributed by atoms with van der Waals surface area (Å²) in [4.78, 5) is 8.04. The molecule has 2 saturated heterocycles. The Kier molecular flexibility index (Phi) is 5.56. The second-order valence-corrected chi connectivity index (χ2v) is 11.3. The third-order valence-electron chi connectivity index (χ3n) is 6.59. The first-order valence-corrected chi connectivity index (χ1v) is 13.4. The Morgan fingerprint density at radius 1 is 1.03 bits per heavy atom. The normalized spacial score (nSPS) is 25.1. The largest absolute Gasteiger partial charge is 0.470 e. The highest BCUT2D eigenvalue weighted by molar-refractivity contribution is 7.91. The Bertz CT molecular complexity index is 1540. The maximum Gasteiger partial charge on any atom is 0.193 e. The first kappa shape index (κ1) is 23.1. The summed E-state index contributed by atoms with van der Waals surface area (Å²) in [5, 5.41) is 9.91.